The molecule has 0 amide bonds. The van der Waals surface area contributed by atoms with Crippen LogP contribution in [0.4, 0.5) is 0 Å². The zero-order valence-electron chi connectivity index (χ0n) is 7.72. The predicted octanol–water partition coefficient (Wildman–Crippen LogP) is -0.738. The van der Waals surface area contributed by atoms with Gasteiger partial charge in [-0.05, 0) is 19.3 Å². The minimum absolute atomic E-state index is 0.105. The first-order valence-electron chi connectivity index (χ1n) is 4.31. The van der Waals surface area contributed by atoms with E-state index >= 15 is 0 Å². The molecule has 0 aliphatic heterocycles. The molecule has 6 nitrogen and oxygen atoms in total. The summed E-state index contributed by atoms with van der Waals surface area (Å²) in [5, 5.41) is 25.7. The first-order valence-corrected chi connectivity index (χ1v) is 4.31. The van der Waals surface area contributed by atoms with Crippen molar-refractivity contribution in [1.82, 2.24) is 0 Å². The number of carboxylic acids is 2. The van der Waals surface area contributed by atoms with Crippen LogP contribution in [-0.4, -0.2) is 39.9 Å². The highest BCUT2D eigenvalue weighted by atomic mass is 16.4. The second-order valence-corrected chi connectivity index (χ2v) is 3.08. The predicted molar refractivity (Wildman–Crippen MR) is 47.7 cm³/mol. The van der Waals surface area contributed by atoms with Crippen LogP contribution in [0.1, 0.15) is 19.3 Å². The Morgan fingerprint density at radius 1 is 1.21 bits per heavy atom. The van der Waals surface area contributed by atoms with Gasteiger partial charge < -0.3 is 21.1 Å². The van der Waals surface area contributed by atoms with Crippen LogP contribution in [0, 0.1) is 5.92 Å². The normalized spacial score (nSPS) is 14.7. The van der Waals surface area contributed by atoms with Crippen molar-refractivity contribution in [3.05, 3.63) is 0 Å². The van der Waals surface area contributed by atoms with E-state index in [2.05, 4.69) is 0 Å². The number of nitrogens with two attached hydrogens (primary N) is 1. The molecule has 2 atom stereocenters. The summed E-state index contributed by atoms with van der Waals surface area (Å²) in [5.74, 6) is -3.08. The maximum Gasteiger partial charge on any atom is 0.320 e. The quantitative estimate of drug-likeness (QED) is 0.434. The van der Waals surface area contributed by atoms with Crippen LogP contribution in [0.2, 0.25) is 0 Å². The summed E-state index contributed by atoms with van der Waals surface area (Å²) in [6.45, 7) is -0.105. The van der Waals surface area contributed by atoms with Gasteiger partial charge >= 0.3 is 11.9 Å². The fourth-order valence-electron chi connectivity index (χ4n) is 1.09. The summed E-state index contributed by atoms with van der Waals surface area (Å²) < 4.78 is 0. The standard InChI is InChI=1S/C8H15NO5/c9-6(8(13)14)4-5(7(11)12)2-1-3-10/h5-6,10H,1-4,9H2,(H,11,12)(H,13,14)/t5-,6+/m1/s1. The highest BCUT2D eigenvalue weighted by Gasteiger charge is 2.23. The Morgan fingerprint density at radius 3 is 2.14 bits per heavy atom. The van der Waals surface area contributed by atoms with E-state index in [-0.39, 0.29) is 19.4 Å². The summed E-state index contributed by atoms with van der Waals surface area (Å²) in [6, 6.07) is -1.16. The van der Waals surface area contributed by atoms with Crippen molar-refractivity contribution in [2.75, 3.05) is 6.61 Å². The van der Waals surface area contributed by atoms with Crippen molar-refractivity contribution in [1.29, 1.82) is 0 Å². The van der Waals surface area contributed by atoms with Crippen molar-refractivity contribution in [3.8, 4) is 0 Å². The second-order valence-electron chi connectivity index (χ2n) is 3.08. The molecule has 0 heterocycles. The zero-order valence-corrected chi connectivity index (χ0v) is 7.72. The Kier molecular flexibility index (Phi) is 5.82. The van der Waals surface area contributed by atoms with Crippen LogP contribution in [0.25, 0.3) is 0 Å². The molecule has 14 heavy (non-hydrogen) atoms. The number of carbonyl (C=O) groups is 2. The Morgan fingerprint density at radius 2 is 1.79 bits per heavy atom. The minimum Gasteiger partial charge on any atom is -0.481 e. The van der Waals surface area contributed by atoms with E-state index in [1.165, 1.54) is 0 Å². The third-order valence-corrected chi connectivity index (χ3v) is 1.92. The molecule has 0 aromatic rings. The van der Waals surface area contributed by atoms with Crippen LogP contribution < -0.4 is 5.73 Å². The highest BCUT2D eigenvalue weighted by molar-refractivity contribution is 5.75. The number of hydrogen-bond acceptors (Lipinski definition) is 4. The van der Waals surface area contributed by atoms with Gasteiger partial charge in [0.15, 0.2) is 0 Å². The van der Waals surface area contributed by atoms with Gasteiger partial charge in [-0.15, -0.1) is 0 Å². The van der Waals surface area contributed by atoms with Crippen LogP contribution in [-0.2, 0) is 9.59 Å². The smallest absolute Gasteiger partial charge is 0.320 e. The van der Waals surface area contributed by atoms with Gasteiger partial charge in [-0.3, -0.25) is 9.59 Å². The van der Waals surface area contributed by atoms with Gasteiger partial charge in [0.2, 0.25) is 0 Å². The van der Waals surface area contributed by atoms with Crippen LogP contribution in [0.3, 0.4) is 0 Å². The van der Waals surface area contributed by atoms with Crippen molar-refractivity contribution in [2.45, 2.75) is 25.3 Å². The lowest BCUT2D eigenvalue weighted by Crippen LogP contribution is -2.34. The molecule has 0 radical (unpaired) electrons. The van der Waals surface area contributed by atoms with Gasteiger partial charge in [0.25, 0.3) is 0 Å². The van der Waals surface area contributed by atoms with Gasteiger partial charge in [-0.2, -0.15) is 0 Å². The number of aliphatic hydroxyl groups excluding tert-OH is 1. The maximum absolute atomic E-state index is 10.6. The number of aliphatic carboxylic acids is 2. The Balaban J connectivity index is 4.08. The Labute approximate surface area is 81.3 Å². The maximum atomic E-state index is 10.6. The summed E-state index contributed by atoms with van der Waals surface area (Å²) in [5.41, 5.74) is 5.20. The molecular weight excluding hydrogens is 190 g/mol. The average molecular weight is 205 g/mol. The van der Waals surface area contributed by atoms with E-state index in [4.69, 9.17) is 21.1 Å². The van der Waals surface area contributed by atoms with Crippen LogP contribution in [0.15, 0.2) is 0 Å². The molecule has 0 aliphatic carbocycles. The highest BCUT2D eigenvalue weighted by Crippen LogP contribution is 2.13. The molecule has 82 valence electrons. The first-order chi connectivity index (χ1) is 6.49. The number of rotatable bonds is 7. The molecule has 0 saturated carbocycles. The molecular formula is C8H15NO5. The third-order valence-electron chi connectivity index (χ3n) is 1.92. The summed E-state index contributed by atoms with van der Waals surface area (Å²) in [6.07, 6.45) is 0.473. The number of hydrogen-bond donors (Lipinski definition) is 4. The van der Waals surface area contributed by atoms with Gasteiger partial charge in [0.05, 0.1) is 5.92 Å². The Hall–Kier alpha value is -1.14. The van der Waals surface area contributed by atoms with E-state index in [1.54, 1.807) is 0 Å². The van der Waals surface area contributed by atoms with E-state index in [9.17, 15) is 9.59 Å². The molecule has 5 N–H and O–H groups in total. The van der Waals surface area contributed by atoms with Gasteiger partial charge in [0, 0.05) is 6.61 Å². The number of carboxylic acid groups (broad SMARTS) is 2. The van der Waals surface area contributed by atoms with E-state index in [1.807, 2.05) is 0 Å². The van der Waals surface area contributed by atoms with E-state index in [0.29, 0.717) is 6.42 Å². The first kappa shape index (κ1) is 12.9. The van der Waals surface area contributed by atoms with Crippen LogP contribution in [0.5, 0.6) is 0 Å². The lowest BCUT2D eigenvalue weighted by molar-refractivity contribution is -0.143. The molecule has 0 fully saturated rings. The zero-order chi connectivity index (χ0) is 11.1. The fraction of sp³-hybridized carbons (Fsp3) is 0.750. The summed E-state index contributed by atoms with van der Waals surface area (Å²) >= 11 is 0. The summed E-state index contributed by atoms with van der Waals surface area (Å²) in [4.78, 5) is 21.0. The van der Waals surface area contributed by atoms with Crippen LogP contribution >= 0.6 is 0 Å². The van der Waals surface area contributed by atoms with Gasteiger partial charge in [-0.25, -0.2) is 0 Å². The molecule has 0 saturated heterocycles. The molecule has 0 bridgehead atoms. The molecule has 0 unspecified atom stereocenters. The monoisotopic (exact) mass is 205 g/mol. The molecule has 6 heteroatoms. The molecule has 0 spiro atoms. The molecule has 0 aromatic heterocycles. The minimum atomic E-state index is -1.21. The molecule has 0 aromatic carbocycles. The van der Waals surface area contributed by atoms with Crippen molar-refractivity contribution >= 4 is 11.9 Å². The fourth-order valence-corrected chi connectivity index (χ4v) is 1.09. The Bertz CT molecular complexity index is 206. The van der Waals surface area contributed by atoms with Gasteiger partial charge in [-0.1, -0.05) is 0 Å². The van der Waals surface area contributed by atoms with Crippen molar-refractivity contribution in [3.63, 3.8) is 0 Å². The average Bonchev–Trinajstić information content (AvgIpc) is 2.10. The molecule has 0 rings (SSSR count). The largest absolute Gasteiger partial charge is 0.481 e. The summed E-state index contributed by atoms with van der Waals surface area (Å²) in [7, 11) is 0. The lowest BCUT2D eigenvalue weighted by Gasteiger charge is -2.13. The van der Waals surface area contributed by atoms with Crippen molar-refractivity contribution < 1.29 is 24.9 Å². The molecule has 0 aliphatic rings. The van der Waals surface area contributed by atoms with Gasteiger partial charge in [0.1, 0.15) is 6.04 Å². The third kappa shape index (κ3) is 4.78. The van der Waals surface area contributed by atoms with E-state index in [0.717, 1.165) is 0 Å². The lowest BCUT2D eigenvalue weighted by atomic mass is 9.95. The second kappa shape index (κ2) is 6.33. The number of aliphatic hydroxyl groups is 1. The SMILES string of the molecule is N[C@@H](C[C@@H](CCCO)C(=O)O)C(=O)O. The van der Waals surface area contributed by atoms with Crippen molar-refractivity contribution in [2.24, 2.45) is 11.7 Å². The topological polar surface area (TPSA) is 121 Å². The van der Waals surface area contributed by atoms with E-state index < -0.39 is 23.9 Å².